The molecule has 3 N–H and O–H groups in total. The van der Waals surface area contributed by atoms with Gasteiger partial charge in [0.2, 0.25) is 5.91 Å². The van der Waals surface area contributed by atoms with Crippen LogP contribution in [0.3, 0.4) is 0 Å². The summed E-state index contributed by atoms with van der Waals surface area (Å²) in [7, 11) is 0. The predicted molar refractivity (Wildman–Crippen MR) is 166 cm³/mol. The Bertz CT molecular complexity index is 1530. The summed E-state index contributed by atoms with van der Waals surface area (Å²) < 4.78 is 13.4. The van der Waals surface area contributed by atoms with Crippen molar-refractivity contribution < 1.29 is 19.1 Å². The number of aromatic amines is 1. The van der Waals surface area contributed by atoms with Gasteiger partial charge in [0.25, 0.3) is 0 Å². The maximum absolute atomic E-state index is 12.2. The van der Waals surface area contributed by atoms with Crippen LogP contribution in [-0.2, 0) is 11.3 Å². The van der Waals surface area contributed by atoms with Gasteiger partial charge in [-0.25, -0.2) is 14.8 Å². The number of aryl methyl sites for hydroxylation is 2. The molecule has 0 bridgehead atoms. The zero-order valence-corrected chi connectivity index (χ0v) is 26.4. The zero-order chi connectivity index (χ0) is 31.2. The molecule has 2 amide bonds. The largest absolute Gasteiger partial charge is 0.491 e. The maximum Gasteiger partial charge on any atom is 0.410 e. The van der Waals surface area contributed by atoms with Gasteiger partial charge in [0.1, 0.15) is 22.7 Å². The van der Waals surface area contributed by atoms with E-state index in [0.717, 1.165) is 34.1 Å². The first-order chi connectivity index (χ1) is 20.0. The Morgan fingerprint density at radius 2 is 1.79 bits per heavy atom. The van der Waals surface area contributed by atoms with Crippen LogP contribution in [0.5, 0.6) is 5.75 Å². The molecule has 11 heteroatoms. The van der Waals surface area contributed by atoms with E-state index in [1.54, 1.807) is 23.2 Å². The van der Waals surface area contributed by atoms with Crippen LogP contribution in [-0.4, -0.2) is 66.9 Å². The minimum absolute atomic E-state index is 0.291. The molecule has 1 aliphatic heterocycles. The third-order valence-electron chi connectivity index (χ3n) is 6.53. The molecule has 11 nitrogen and oxygen atoms in total. The summed E-state index contributed by atoms with van der Waals surface area (Å²) in [4.78, 5) is 38.6. The van der Waals surface area contributed by atoms with Crippen molar-refractivity contribution in [3.8, 4) is 17.3 Å². The van der Waals surface area contributed by atoms with E-state index >= 15 is 0 Å². The Morgan fingerprint density at radius 1 is 1.10 bits per heavy atom. The van der Waals surface area contributed by atoms with Gasteiger partial charge >= 0.3 is 6.09 Å². The van der Waals surface area contributed by atoms with E-state index in [2.05, 4.69) is 15.1 Å². The molecule has 4 aromatic rings. The van der Waals surface area contributed by atoms with E-state index in [9.17, 15) is 9.59 Å². The SMILES string of the molecule is CC.CC.CCn1nc(C)cc1-c1ncc2c(n1)[nH]c1c(OCCC3CN(C(=O)OC(C)(C)C)C3)cc(C(N)=O)cc12. The number of H-pyrrole nitrogens is 1. The summed E-state index contributed by atoms with van der Waals surface area (Å²) in [5.41, 5.74) is 8.53. The maximum atomic E-state index is 12.2. The fourth-order valence-corrected chi connectivity index (χ4v) is 4.66. The van der Waals surface area contributed by atoms with Crippen LogP contribution in [0, 0.1) is 12.8 Å². The third-order valence-corrected chi connectivity index (χ3v) is 6.53. The van der Waals surface area contributed by atoms with Gasteiger partial charge in [-0.15, -0.1) is 0 Å². The number of aromatic nitrogens is 5. The molecule has 42 heavy (non-hydrogen) atoms. The van der Waals surface area contributed by atoms with E-state index in [1.807, 2.05) is 73.1 Å². The molecule has 3 aromatic heterocycles. The third kappa shape index (κ3) is 7.18. The topological polar surface area (TPSA) is 141 Å². The molecule has 1 saturated heterocycles. The number of hydrogen-bond acceptors (Lipinski definition) is 7. The molecule has 1 aromatic carbocycles. The Morgan fingerprint density at radius 3 is 2.40 bits per heavy atom. The quantitative estimate of drug-likeness (QED) is 0.270. The lowest BCUT2D eigenvalue weighted by Crippen LogP contribution is -2.51. The number of nitrogens with zero attached hydrogens (tertiary/aromatic N) is 5. The van der Waals surface area contributed by atoms with E-state index in [4.69, 9.17) is 20.2 Å². The Labute approximate surface area is 247 Å². The standard InChI is InChI=1S/C27H33N7O4.2C2H6/c1-6-34-20(9-15(2)32-34)25-29-12-19-18-10-17(23(28)35)11-21(22(18)30-24(19)31-25)37-8-7-16-13-33(14-16)26(36)38-27(3,4)5;2*1-2/h9-12,16H,6-8,13-14H2,1-5H3,(H2,28,35)(H,29,30,31);2*1-2H3. The van der Waals surface area contributed by atoms with Gasteiger partial charge in [0.15, 0.2) is 5.82 Å². The first kappa shape index (κ1) is 32.4. The first-order valence-corrected chi connectivity index (χ1v) is 14.8. The minimum atomic E-state index is -0.544. The van der Waals surface area contributed by atoms with Crippen LogP contribution in [0.15, 0.2) is 24.4 Å². The lowest BCUT2D eigenvalue weighted by Gasteiger charge is -2.39. The highest BCUT2D eigenvalue weighted by molar-refractivity contribution is 6.11. The van der Waals surface area contributed by atoms with Crippen LogP contribution in [0.1, 0.15) is 77.9 Å². The van der Waals surface area contributed by atoms with E-state index in [0.29, 0.717) is 54.9 Å². The van der Waals surface area contributed by atoms with Crippen molar-refractivity contribution in [2.75, 3.05) is 19.7 Å². The fraction of sp³-hybridized carbons (Fsp3) is 0.516. The van der Waals surface area contributed by atoms with Crippen molar-refractivity contribution in [1.29, 1.82) is 0 Å². The number of amides is 2. The number of ether oxygens (including phenoxy) is 2. The molecule has 0 spiro atoms. The number of rotatable bonds is 7. The highest BCUT2D eigenvalue weighted by Crippen LogP contribution is 2.34. The highest BCUT2D eigenvalue weighted by atomic mass is 16.6. The number of likely N-dealkylation sites (tertiary alicyclic amines) is 1. The summed E-state index contributed by atoms with van der Waals surface area (Å²) in [6, 6.07) is 5.34. The molecule has 228 valence electrons. The van der Waals surface area contributed by atoms with Crippen LogP contribution in [0.2, 0.25) is 0 Å². The number of carbonyl (C=O) groups is 2. The van der Waals surface area contributed by atoms with Crippen molar-refractivity contribution in [3.63, 3.8) is 0 Å². The highest BCUT2D eigenvalue weighted by Gasteiger charge is 2.33. The van der Waals surface area contributed by atoms with E-state index in [-0.39, 0.29) is 6.09 Å². The van der Waals surface area contributed by atoms with Gasteiger partial charge in [-0.05, 0) is 65.2 Å². The molecular weight excluding hydrogens is 534 g/mol. The van der Waals surface area contributed by atoms with Crippen LogP contribution in [0.25, 0.3) is 33.5 Å². The fourth-order valence-electron chi connectivity index (χ4n) is 4.66. The van der Waals surface area contributed by atoms with Gasteiger partial charge in [-0.3, -0.25) is 9.48 Å². The number of hydrogen-bond donors (Lipinski definition) is 2. The second-order valence-corrected chi connectivity index (χ2v) is 10.7. The molecule has 1 aliphatic rings. The van der Waals surface area contributed by atoms with Crippen LogP contribution < -0.4 is 10.5 Å². The number of fused-ring (bicyclic) bond motifs is 3. The van der Waals surface area contributed by atoms with Gasteiger partial charge in [0, 0.05) is 42.2 Å². The molecular formula is C31H45N7O4. The van der Waals surface area contributed by atoms with Gasteiger partial charge in [0.05, 0.1) is 17.8 Å². The smallest absolute Gasteiger partial charge is 0.410 e. The van der Waals surface area contributed by atoms with Crippen molar-refractivity contribution in [3.05, 3.63) is 35.7 Å². The van der Waals surface area contributed by atoms with Crippen molar-refractivity contribution in [2.45, 2.75) is 80.9 Å². The van der Waals surface area contributed by atoms with Gasteiger partial charge in [-0.1, -0.05) is 27.7 Å². The number of nitrogens with two attached hydrogens (primary N) is 1. The molecule has 1 fully saturated rings. The Hall–Kier alpha value is -4.15. The molecule has 4 heterocycles. The number of primary amides is 1. The monoisotopic (exact) mass is 579 g/mol. The summed E-state index contributed by atoms with van der Waals surface area (Å²) in [6.07, 6.45) is 2.21. The zero-order valence-electron chi connectivity index (χ0n) is 26.4. The Balaban J connectivity index is 0.00000116. The number of nitrogens with one attached hydrogen (secondary N) is 1. The second kappa shape index (κ2) is 13.7. The first-order valence-electron chi connectivity index (χ1n) is 14.8. The minimum Gasteiger partial charge on any atom is -0.491 e. The number of benzene rings is 1. The molecule has 0 saturated carbocycles. The normalized spacial score (nSPS) is 13.1. The molecule has 0 radical (unpaired) electrons. The lowest BCUT2D eigenvalue weighted by molar-refractivity contribution is -0.00381. The van der Waals surface area contributed by atoms with Crippen molar-refractivity contribution >= 4 is 33.9 Å². The molecule has 5 rings (SSSR count). The van der Waals surface area contributed by atoms with Crippen LogP contribution >= 0.6 is 0 Å². The van der Waals surface area contributed by atoms with Crippen molar-refractivity contribution in [2.24, 2.45) is 11.7 Å². The molecule has 0 aliphatic carbocycles. The van der Waals surface area contributed by atoms with E-state index in [1.165, 1.54) is 0 Å². The van der Waals surface area contributed by atoms with Gasteiger partial charge in [-0.2, -0.15) is 5.10 Å². The molecule has 0 unspecified atom stereocenters. The number of carbonyl (C=O) groups excluding carboxylic acids is 2. The lowest BCUT2D eigenvalue weighted by atomic mass is 9.97. The second-order valence-electron chi connectivity index (χ2n) is 10.7. The summed E-state index contributed by atoms with van der Waals surface area (Å²) in [6.45, 7) is 19.9. The van der Waals surface area contributed by atoms with Gasteiger partial charge < -0.3 is 25.1 Å². The van der Waals surface area contributed by atoms with E-state index < -0.39 is 11.5 Å². The average molecular weight is 580 g/mol. The molecule has 0 atom stereocenters. The van der Waals surface area contributed by atoms with Crippen LogP contribution in [0.4, 0.5) is 4.79 Å². The Kier molecular flexibility index (Phi) is 10.5. The summed E-state index contributed by atoms with van der Waals surface area (Å²) >= 11 is 0. The average Bonchev–Trinajstić information content (AvgIpc) is 3.50. The van der Waals surface area contributed by atoms with Crippen molar-refractivity contribution in [1.82, 2.24) is 29.6 Å². The predicted octanol–water partition coefficient (Wildman–Crippen LogP) is 6.09. The summed E-state index contributed by atoms with van der Waals surface area (Å²) in [5.74, 6) is 0.857. The summed E-state index contributed by atoms with van der Waals surface area (Å²) in [5, 5.41) is 6.02.